The first-order chi connectivity index (χ1) is 13.1. The Morgan fingerprint density at radius 2 is 1.75 bits per heavy atom. The van der Waals surface area contributed by atoms with E-state index in [0.717, 1.165) is 17.6 Å². The monoisotopic (exact) mass is 414 g/mol. The maximum Gasteiger partial charge on any atom is 0.501 e. The molecular weight excluding hydrogens is 393 g/mol. The molecule has 0 radical (unpaired) electrons. The van der Waals surface area contributed by atoms with Crippen LogP contribution in [-0.2, 0) is 9.84 Å². The van der Waals surface area contributed by atoms with Gasteiger partial charge in [0.2, 0.25) is 0 Å². The maximum atomic E-state index is 12.9. The van der Waals surface area contributed by atoms with E-state index in [1.165, 1.54) is 18.2 Å². The van der Waals surface area contributed by atoms with Crippen LogP contribution in [0, 0.1) is 13.8 Å². The van der Waals surface area contributed by atoms with E-state index in [9.17, 15) is 21.6 Å². The fourth-order valence-corrected chi connectivity index (χ4v) is 4.20. The van der Waals surface area contributed by atoms with Crippen molar-refractivity contribution in [2.24, 2.45) is 0 Å². The molecule has 28 heavy (non-hydrogen) atoms. The minimum atomic E-state index is -5.41. The lowest BCUT2D eigenvalue weighted by Gasteiger charge is -2.34. The Bertz CT molecular complexity index is 935. The fourth-order valence-electron chi connectivity index (χ4n) is 3.28. The zero-order chi connectivity index (χ0) is 20.5. The van der Waals surface area contributed by atoms with Crippen LogP contribution in [-0.4, -0.2) is 43.0 Å². The molecule has 152 valence electrons. The summed E-state index contributed by atoms with van der Waals surface area (Å²) >= 11 is 0. The minimum Gasteiger partial charge on any atom is -0.381 e. The molecule has 0 saturated carbocycles. The summed E-state index contributed by atoms with van der Waals surface area (Å²) in [4.78, 5) is 10.0. The molecule has 1 saturated heterocycles. The molecule has 6 nitrogen and oxygen atoms in total. The molecule has 10 heteroatoms. The second-order valence-electron chi connectivity index (χ2n) is 6.77. The van der Waals surface area contributed by atoms with Gasteiger partial charge in [0.1, 0.15) is 11.6 Å². The van der Waals surface area contributed by atoms with Gasteiger partial charge in [-0.2, -0.15) is 13.2 Å². The smallest absolute Gasteiger partial charge is 0.381 e. The van der Waals surface area contributed by atoms with Crippen LogP contribution in [0.5, 0.6) is 0 Å². The number of aromatic nitrogens is 2. The van der Waals surface area contributed by atoms with Gasteiger partial charge < -0.3 is 10.2 Å². The van der Waals surface area contributed by atoms with Gasteiger partial charge in [-0.15, -0.1) is 0 Å². The molecule has 0 aliphatic carbocycles. The van der Waals surface area contributed by atoms with Crippen LogP contribution in [0.2, 0.25) is 0 Å². The van der Waals surface area contributed by atoms with Gasteiger partial charge in [0.05, 0.1) is 10.6 Å². The Labute approximate surface area is 161 Å². The largest absolute Gasteiger partial charge is 0.501 e. The zero-order valence-electron chi connectivity index (χ0n) is 15.5. The highest BCUT2D eigenvalue weighted by Gasteiger charge is 2.48. The lowest BCUT2D eigenvalue weighted by Crippen LogP contribution is -2.40. The van der Waals surface area contributed by atoms with Crippen LogP contribution in [0.25, 0.3) is 0 Å². The first-order valence-corrected chi connectivity index (χ1v) is 10.3. The van der Waals surface area contributed by atoms with E-state index in [2.05, 4.69) is 20.2 Å². The molecule has 1 aromatic carbocycles. The summed E-state index contributed by atoms with van der Waals surface area (Å²) in [6.45, 7) is 5.02. The third kappa shape index (κ3) is 4.21. The Morgan fingerprint density at radius 3 is 2.36 bits per heavy atom. The number of halogens is 3. The number of nitrogens with zero attached hydrogens (tertiary/aromatic N) is 3. The van der Waals surface area contributed by atoms with Gasteiger partial charge in [-0.1, -0.05) is 12.1 Å². The molecule has 1 N–H and O–H groups in total. The van der Waals surface area contributed by atoms with Crippen molar-refractivity contribution in [1.29, 1.82) is 0 Å². The van der Waals surface area contributed by atoms with Gasteiger partial charge >= 0.3 is 5.51 Å². The van der Waals surface area contributed by atoms with Crippen molar-refractivity contribution in [1.82, 2.24) is 9.97 Å². The Morgan fingerprint density at radius 1 is 1.11 bits per heavy atom. The number of hydrogen-bond donors (Lipinski definition) is 1. The Kier molecular flexibility index (Phi) is 5.51. The number of aryl methyl sites for hydroxylation is 2. The Hall–Kier alpha value is -2.36. The van der Waals surface area contributed by atoms with E-state index in [0.29, 0.717) is 31.8 Å². The predicted octanol–water partition coefficient (Wildman–Crippen LogP) is 3.47. The average Bonchev–Trinajstić information content (AvgIpc) is 2.61. The topological polar surface area (TPSA) is 75.2 Å². The highest BCUT2D eigenvalue weighted by Crippen LogP contribution is 2.35. The van der Waals surface area contributed by atoms with Gasteiger partial charge in [0.25, 0.3) is 9.84 Å². The molecule has 0 unspecified atom stereocenters. The molecule has 0 atom stereocenters. The molecule has 3 rings (SSSR count). The molecular formula is C18H21F3N4O2S. The second kappa shape index (κ2) is 7.57. The number of nitrogens with one attached hydrogen (secondary N) is 1. The predicted molar refractivity (Wildman–Crippen MR) is 100 cm³/mol. The number of rotatable bonds is 4. The summed E-state index contributed by atoms with van der Waals surface area (Å²) in [7, 11) is -5.41. The van der Waals surface area contributed by atoms with Gasteiger partial charge in [0.15, 0.2) is 0 Å². The number of benzene rings is 1. The summed E-state index contributed by atoms with van der Waals surface area (Å²) in [5, 5.41) is 2.98. The average molecular weight is 414 g/mol. The molecule has 0 spiro atoms. The second-order valence-corrected chi connectivity index (χ2v) is 8.68. The van der Waals surface area contributed by atoms with Crippen molar-refractivity contribution >= 4 is 21.3 Å². The van der Waals surface area contributed by atoms with E-state index in [1.807, 2.05) is 19.9 Å². The standard InChI is InChI=1S/C18H21F3N4O2S/c1-12-11-17(23-13(2)22-12)25-9-7-14(8-10-25)24-15-5-3-4-6-16(15)28(26,27)18(19,20)21/h3-6,11,14,24H,7-10H2,1-2H3. The molecule has 0 bridgehead atoms. The number of piperidine rings is 1. The lowest BCUT2D eigenvalue weighted by atomic mass is 10.0. The van der Waals surface area contributed by atoms with Crippen molar-refractivity contribution in [2.45, 2.75) is 43.1 Å². The maximum absolute atomic E-state index is 12.9. The van der Waals surface area contributed by atoms with Crippen molar-refractivity contribution < 1.29 is 21.6 Å². The van der Waals surface area contributed by atoms with Crippen molar-refractivity contribution in [3.05, 3.63) is 41.9 Å². The van der Waals surface area contributed by atoms with Gasteiger partial charge in [-0.25, -0.2) is 18.4 Å². The molecule has 1 aliphatic heterocycles. The van der Waals surface area contributed by atoms with Crippen LogP contribution < -0.4 is 10.2 Å². The van der Waals surface area contributed by atoms with E-state index < -0.39 is 20.2 Å². The molecule has 1 fully saturated rings. The molecule has 1 aromatic heterocycles. The van der Waals surface area contributed by atoms with E-state index in [-0.39, 0.29) is 11.7 Å². The summed E-state index contributed by atoms with van der Waals surface area (Å²) in [6, 6.07) is 6.90. The lowest BCUT2D eigenvalue weighted by molar-refractivity contribution is -0.0435. The SMILES string of the molecule is Cc1cc(N2CCC(Nc3ccccc3S(=O)(=O)C(F)(F)F)CC2)nc(C)n1. The summed E-state index contributed by atoms with van der Waals surface area (Å²) in [5.41, 5.74) is -4.49. The van der Waals surface area contributed by atoms with Crippen LogP contribution in [0.1, 0.15) is 24.4 Å². The van der Waals surface area contributed by atoms with Crippen molar-refractivity contribution in [3.63, 3.8) is 0 Å². The number of alkyl halides is 3. The van der Waals surface area contributed by atoms with Gasteiger partial charge in [-0.05, 0) is 38.8 Å². The van der Waals surface area contributed by atoms with E-state index in [4.69, 9.17) is 0 Å². The Balaban J connectivity index is 1.72. The van der Waals surface area contributed by atoms with Gasteiger partial charge in [0, 0.05) is 30.9 Å². The van der Waals surface area contributed by atoms with Gasteiger partial charge in [-0.3, -0.25) is 0 Å². The van der Waals surface area contributed by atoms with Crippen molar-refractivity contribution in [2.75, 3.05) is 23.3 Å². The highest BCUT2D eigenvalue weighted by molar-refractivity contribution is 7.92. The number of para-hydroxylation sites is 1. The zero-order valence-corrected chi connectivity index (χ0v) is 16.3. The normalized spacial score (nSPS) is 16.2. The number of anilines is 2. The first kappa shape index (κ1) is 20.4. The first-order valence-electron chi connectivity index (χ1n) is 8.82. The number of sulfone groups is 1. The third-order valence-electron chi connectivity index (χ3n) is 4.61. The number of hydrogen-bond acceptors (Lipinski definition) is 6. The van der Waals surface area contributed by atoms with Crippen LogP contribution in [0.4, 0.5) is 24.7 Å². The fraction of sp³-hybridized carbons (Fsp3) is 0.444. The molecule has 1 aliphatic rings. The minimum absolute atomic E-state index is 0.0213. The molecule has 0 amide bonds. The summed E-state index contributed by atoms with van der Waals surface area (Å²) < 4.78 is 62.5. The summed E-state index contributed by atoms with van der Waals surface area (Å²) in [5.74, 6) is 1.50. The van der Waals surface area contributed by atoms with Crippen molar-refractivity contribution in [3.8, 4) is 0 Å². The summed E-state index contributed by atoms with van der Waals surface area (Å²) in [6.07, 6.45) is 1.28. The van der Waals surface area contributed by atoms with Crippen LogP contribution >= 0.6 is 0 Å². The van der Waals surface area contributed by atoms with Crippen LogP contribution in [0.3, 0.4) is 0 Å². The molecule has 2 heterocycles. The highest BCUT2D eigenvalue weighted by atomic mass is 32.2. The quantitative estimate of drug-likeness (QED) is 0.826. The molecule has 2 aromatic rings. The van der Waals surface area contributed by atoms with Crippen LogP contribution in [0.15, 0.2) is 35.2 Å². The third-order valence-corrected chi connectivity index (χ3v) is 6.16. The van der Waals surface area contributed by atoms with E-state index >= 15 is 0 Å². The van der Waals surface area contributed by atoms with E-state index in [1.54, 1.807) is 0 Å².